The Morgan fingerprint density at radius 1 is 1.27 bits per heavy atom. The highest BCUT2D eigenvalue weighted by Crippen LogP contribution is 2.19. The van der Waals surface area contributed by atoms with E-state index in [9.17, 15) is 9.18 Å². The molecular weight excluding hydrogens is 333 g/mol. The van der Waals surface area contributed by atoms with Crippen LogP contribution in [0.15, 0.2) is 42.5 Å². The highest BCUT2D eigenvalue weighted by atomic mass is 19.1. The Labute approximate surface area is 151 Å². The molecule has 6 heteroatoms. The number of amides is 1. The maximum absolute atomic E-state index is 13.8. The summed E-state index contributed by atoms with van der Waals surface area (Å²) in [4.78, 5) is 22.0. The van der Waals surface area contributed by atoms with E-state index in [1.165, 1.54) is 13.2 Å². The summed E-state index contributed by atoms with van der Waals surface area (Å²) in [5.41, 5.74) is 2.61. The molecule has 0 aliphatic heterocycles. The molecule has 0 unspecified atom stereocenters. The molecule has 0 radical (unpaired) electrons. The van der Waals surface area contributed by atoms with E-state index in [2.05, 4.69) is 9.97 Å². The third-order valence-electron chi connectivity index (χ3n) is 4.34. The summed E-state index contributed by atoms with van der Waals surface area (Å²) in [6.07, 6.45) is 0.896. The quantitative estimate of drug-likeness (QED) is 0.703. The molecule has 0 bridgehead atoms. The van der Waals surface area contributed by atoms with Crippen molar-refractivity contribution in [3.63, 3.8) is 0 Å². The molecule has 0 aliphatic carbocycles. The van der Waals surface area contributed by atoms with Gasteiger partial charge in [0, 0.05) is 25.9 Å². The molecule has 5 nitrogen and oxygen atoms in total. The van der Waals surface area contributed by atoms with Crippen molar-refractivity contribution in [2.45, 2.75) is 26.3 Å². The molecule has 26 heavy (non-hydrogen) atoms. The number of benzene rings is 2. The van der Waals surface area contributed by atoms with Crippen molar-refractivity contribution in [3.05, 3.63) is 59.7 Å². The highest BCUT2D eigenvalue weighted by Gasteiger charge is 2.14. The molecule has 0 saturated carbocycles. The van der Waals surface area contributed by atoms with Crippen molar-refractivity contribution >= 4 is 16.9 Å². The molecule has 0 aliphatic rings. The van der Waals surface area contributed by atoms with Crippen molar-refractivity contribution in [2.75, 3.05) is 13.7 Å². The number of fused-ring (bicyclic) bond motifs is 1. The number of halogens is 1. The van der Waals surface area contributed by atoms with Crippen LogP contribution in [0.1, 0.15) is 24.7 Å². The average Bonchev–Trinajstić information content (AvgIpc) is 3.07. The zero-order valence-electron chi connectivity index (χ0n) is 15.0. The molecule has 2 aromatic carbocycles. The van der Waals surface area contributed by atoms with Gasteiger partial charge in [0.2, 0.25) is 5.91 Å². The third kappa shape index (κ3) is 4.02. The second-order valence-electron chi connectivity index (χ2n) is 6.08. The summed E-state index contributed by atoms with van der Waals surface area (Å²) in [5.74, 6) is 0.596. The van der Waals surface area contributed by atoms with Gasteiger partial charge in [0.15, 0.2) is 11.6 Å². The highest BCUT2D eigenvalue weighted by molar-refractivity contribution is 5.77. The molecular formula is C20H22FN3O2. The van der Waals surface area contributed by atoms with Crippen LogP contribution >= 0.6 is 0 Å². The molecule has 0 spiro atoms. The first-order chi connectivity index (χ1) is 12.6. The number of carbonyl (C=O) groups excluding carboxylic acids is 1. The Hall–Kier alpha value is -2.89. The second kappa shape index (κ2) is 7.99. The maximum atomic E-state index is 13.8. The van der Waals surface area contributed by atoms with Crippen LogP contribution in [0.5, 0.6) is 5.75 Å². The smallest absolute Gasteiger partial charge is 0.223 e. The Bertz CT molecular complexity index is 874. The number of carbonyl (C=O) groups is 1. The topological polar surface area (TPSA) is 58.2 Å². The molecule has 136 valence electrons. The van der Waals surface area contributed by atoms with E-state index in [1.807, 2.05) is 31.2 Å². The van der Waals surface area contributed by atoms with Crippen molar-refractivity contribution in [1.82, 2.24) is 14.9 Å². The average molecular weight is 355 g/mol. The minimum Gasteiger partial charge on any atom is -0.494 e. The Morgan fingerprint density at radius 2 is 2.08 bits per heavy atom. The van der Waals surface area contributed by atoms with Crippen LogP contribution in [0.25, 0.3) is 11.0 Å². The van der Waals surface area contributed by atoms with E-state index in [0.29, 0.717) is 25.9 Å². The van der Waals surface area contributed by atoms with Gasteiger partial charge >= 0.3 is 0 Å². The van der Waals surface area contributed by atoms with Crippen LogP contribution < -0.4 is 4.74 Å². The number of nitrogens with one attached hydrogen (secondary N) is 1. The van der Waals surface area contributed by atoms with Crippen LogP contribution in [0.4, 0.5) is 4.39 Å². The number of rotatable bonds is 7. The fourth-order valence-corrected chi connectivity index (χ4v) is 2.91. The van der Waals surface area contributed by atoms with E-state index < -0.39 is 5.82 Å². The van der Waals surface area contributed by atoms with Gasteiger partial charge in [0.1, 0.15) is 5.82 Å². The number of hydrogen-bond donors (Lipinski definition) is 1. The number of imidazole rings is 1. The SMILES string of the molecule is CCN(Cc1ccc(OC)c(F)c1)C(=O)CCc1nc2ccccc2[nH]1. The van der Waals surface area contributed by atoms with E-state index in [0.717, 1.165) is 22.4 Å². The monoisotopic (exact) mass is 355 g/mol. The fraction of sp³-hybridized carbons (Fsp3) is 0.300. The standard InChI is InChI=1S/C20H22FN3O2/c1-3-24(13-14-8-9-18(26-2)15(21)12-14)20(25)11-10-19-22-16-6-4-5-7-17(16)23-19/h4-9,12H,3,10-11,13H2,1-2H3,(H,22,23). The Kier molecular flexibility index (Phi) is 5.51. The van der Waals surface area contributed by atoms with Gasteiger partial charge in [-0.25, -0.2) is 9.37 Å². The summed E-state index contributed by atoms with van der Waals surface area (Å²) >= 11 is 0. The normalized spacial score (nSPS) is 10.9. The van der Waals surface area contributed by atoms with E-state index in [-0.39, 0.29) is 11.7 Å². The van der Waals surface area contributed by atoms with Crippen LogP contribution in [0.3, 0.4) is 0 Å². The molecule has 0 fully saturated rings. The van der Waals surface area contributed by atoms with Gasteiger partial charge in [0.25, 0.3) is 0 Å². The van der Waals surface area contributed by atoms with Gasteiger partial charge < -0.3 is 14.6 Å². The molecule has 0 atom stereocenters. The lowest BCUT2D eigenvalue weighted by Gasteiger charge is -2.21. The number of nitrogens with zero attached hydrogens (tertiary/aromatic N) is 2. The number of hydrogen-bond acceptors (Lipinski definition) is 3. The molecule has 1 amide bonds. The second-order valence-corrected chi connectivity index (χ2v) is 6.08. The summed E-state index contributed by atoms with van der Waals surface area (Å²) in [6.45, 7) is 2.85. The Balaban J connectivity index is 1.62. The van der Waals surface area contributed by atoms with Crippen molar-refractivity contribution in [2.24, 2.45) is 0 Å². The summed E-state index contributed by atoms with van der Waals surface area (Å²) in [5, 5.41) is 0. The maximum Gasteiger partial charge on any atom is 0.223 e. The first-order valence-electron chi connectivity index (χ1n) is 8.64. The van der Waals surface area contributed by atoms with Crippen LogP contribution in [0, 0.1) is 5.82 Å². The zero-order valence-corrected chi connectivity index (χ0v) is 15.0. The molecule has 0 saturated heterocycles. The first-order valence-corrected chi connectivity index (χ1v) is 8.64. The lowest BCUT2D eigenvalue weighted by atomic mass is 10.1. The zero-order chi connectivity index (χ0) is 18.5. The molecule has 1 heterocycles. The molecule has 1 aromatic heterocycles. The number of H-pyrrole nitrogens is 1. The summed E-state index contributed by atoms with van der Waals surface area (Å²) in [7, 11) is 1.43. The van der Waals surface area contributed by atoms with Crippen LogP contribution in [0.2, 0.25) is 0 Å². The summed E-state index contributed by atoms with van der Waals surface area (Å²) in [6, 6.07) is 12.5. The predicted molar refractivity (Wildman–Crippen MR) is 98.5 cm³/mol. The van der Waals surface area contributed by atoms with Crippen LogP contribution in [-0.4, -0.2) is 34.4 Å². The first kappa shape index (κ1) is 17.9. The predicted octanol–water partition coefficient (Wildman–Crippen LogP) is 3.69. The number of aryl methyl sites for hydroxylation is 1. The fourth-order valence-electron chi connectivity index (χ4n) is 2.91. The number of para-hydroxylation sites is 2. The number of methoxy groups -OCH3 is 1. The number of aromatic nitrogens is 2. The lowest BCUT2D eigenvalue weighted by Crippen LogP contribution is -2.30. The van der Waals surface area contributed by atoms with Gasteiger partial charge in [-0.3, -0.25) is 4.79 Å². The minimum absolute atomic E-state index is 0.0178. The largest absolute Gasteiger partial charge is 0.494 e. The van der Waals surface area contributed by atoms with Crippen molar-refractivity contribution in [3.8, 4) is 5.75 Å². The van der Waals surface area contributed by atoms with Gasteiger partial charge in [-0.1, -0.05) is 18.2 Å². The van der Waals surface area contributed by atoms with E-state index in [1.54, 1.807) is 17.0 Å². The minimum atomic E-state index is -0.421. The Morgan fingerprint density at radius 3 is 2.77 bits per heavy atom. The van der Waals surface area contributed by atoms with Gasteiger partial charge in [0.05, 0.1) is 18.1 Å². The van der Waals surface area contributed by atoms with Crippen LogP contribution in [-0.2, 0) is 17.8 Å². The van der Waals surface area contributed by atoms with Gasteiger partial charge in [-0.15, -0.1) is 0 Å². The van der Waals surface area contributed by atoms with E-state index >= 15 is 0 Å². The van der Waals surface area contributed by atoms with Crippen molar-refractivity contribution in [1.29, 1.82) is 0 Å². The lowest BCUT2D eigenvalue weighted by molar-refractivity contribution is -0.131. The van der Waals surface area contributed by atoms with Gasteiger partial charge in [-0.05, 0) is 36.8 Å². The summed E-state index contributed by atoms with van der Waals surface area (Å²) < 4.78 is 18.8. The van der Waals surface area contributed by atoms with Crippen molar-refractivity contribution < 1.29 is 13.9 Å². The number of ether oxygens (including phenoxy) is 1. The van der Waals surface area contributed by atoms with E-state index in [4.69, 9.17) is 4.74 Å². The third-order valence-corrected chi connectivity index (χ3v) is 4.34. The van der Waals surface area contributed by atoms with Gasteiger partial charge in [-0.2, -0.15) is 0 Å². The molecule has 1 N–H and O–H groups in total. The molecule has 3 aromatic rings. The molecule has 3 rings (SSSR count). The number of aromatic amines is 1.